The van der Waals surface area contributed by atoms with E-state index in [9.17, 15) is 9.59 Å². The van der Waals surface area contributed by atoms with Crippen LogP contribution in [0.5, 0.6) is 17.2 Å². The van der Waals surface area contributed by atoms with Gasteiger partial charge in [-0.15, -0.1) is 0 Å². The van der Waals surface area contributed by atoms with Crippen LogP contribution in [0.3, 0.4) is 0 Å². The Kier molecular flexibility index (Phi) is 6.82. The molecule has 0 N–H and O–H groups in total. The third-order valence-electron chi connectivity index (χ3n) is 6.21. The standard InChI is InChI=1S/C29H22Cl2O6/c1-15-12-22-23(13-16(15)2)26(35-29(33)19-6-10-21(31)11-7-19)27-24(14-17(3)36-37-27)25(22)34-28(32)18-4-8-20(30)9-5-18/h4-13,17H,14H2,1-3H3. The highest BCUT2D eigenvalue weighted by molar-refractivity contribution is 6.31. The number of halogens is 2. The smallest absolute Gasteiger partial charge is 0.343 e. The lowest BCUT2D eigenvalue weighted by atomic mass is 9.95. The van der Waals surface area contributed by atoms with Crippen LogP contribution in [0.4, 0.5) is 0 Å². The van der Waals surface area contributed by atoms with Gasteiger partial charge in [-0.2, -0.15) is 4.89 Å². The molecule has 37 heavy (non-hydrogen) atoms. The highest BCUT2D eigenvalue weighted by Gasteiger charge is 2.32. The fourth-order valence-corrected chi connectivity index (χ4v) is 4.39. The van der Waals surface area contributed by atoms with Gasteiger partial charge < -0.3 is 14.4 Å². The van der Waals surface area contributed by atoms with Crippen molar-refractivity contribution in [2.24, 2.45) is 0 Å². The van der Waals surface area contributed by atoms with E-state index in [2.05, 4.69) is 0 Å². The molecule has 0 saturated carbocycles. The van der Waals surface area contributed by atoms with Gasteiger partial charge in [0.1, 0.15) is 11.9 Å². The van der Waals surface area contributed by atoms with Gasteiger partial charge in [-0.1, -0.05) is 23.2 Å². The van der Waals surface area contributed by atoms with Gasteiger partial charge >= 0.3 is 11.9 Å². The lowest BCUT2D eigenvalue weighted by molar-refractivity contribution is -0.249. The minimum atomic E-state index is -0.591. The monoisotopic (exact) mass is 536 g/mol. The van der Waals surface area contributed by atoms with Crippen LogP contribution in [0, 0.1) is 13.8 Å². The summed E-state index contributed by atoms with van der Waals surface area (Å²) < 4.78 is 11.9. The van der Waals surface area contributed by atoms with Crippen LogP contribution in [0.2, 0.25) is 10.0 Å². The Labute approximate surface area is 223 Å². The van der Waals surface area contributed by atoms with Gasteiger partial charge in [0.25, 0.3) is 0 Å². The summed E-state index contributed by atoms with van der Waals surface area (Å²) in [4.78, 5) is 37.3. The molecule has 1 atom stereocenters. The van der Waals surface area contributed by atoms with E-state index >= 15 is 0 Å². The number of aryl methyl sites for hydroxylation is 2. The number of carbonyl (C=O) groups is 2. The van der Waals surface area contributed by atoms with Crippen LogP contribution in [-0.2, 0) is 11.3 Å². The van der Waals surface area contributed by atoms with Crippen molar-refractivity contribution in [2.75, 3.05) is 0 Å². The predicted molar refractivity (Wildman–Crippen MR) is 141 cm³/mol. The Bertz CT molecular complexity index is 1530. The molecule has 0 fully saturated rings. The van der Waals surface area contributed by atoms with Crippen LogP contribution >= 0.6 is 23.2 Å². The second-order valence-corrected chi connectivity index (χ2v) is 9.81. The lowest BCUT2D eigenvalue weighted by Crippen LogP contribution is -2.23. The normalized spacial score (nSPS) is 14.6. The van der Waals surface area contributed by atoms with Crippen molar-refractivity contribution in [1.29, 1.82) is 0 Å². The van der Waals surface area contributed by atoms with Gasteiger partial charge in [-0.25, -0.2) is 9.59 Å². The molecule has 0 amide bonds. The summed E-state index contributed by atoms with van der Waals surface area (Å²) in [5.41, 5.74) is 3.16. The molecule has 0 aliphatic carbocycles. The Morgan fingerprint density at radius 3 is 1.76 bits per heavy atom. The molecule has 8 heteroatoms. The van der Waals surface area contributed by atoms with Crippen LogP contribution in [0.15, 0.2) is 60.7 Å². The van der Waals surface area contributed by atoms with Crippen molar-refractivity contribution < 1.29 is 28.8 Å². The second-order valence-electron chi connectivity index (χ2n) is 8.94. The van der Waals surface area contributed by atoms with E-state index in [-0.39, 0.29) is 17.6 Å². The fourth-order valence-electron chi connectivity index (χ4n) is 4.14. The second kappa shape index (κ2) is 10.1. The summed E-state index contributed by atoms with van der Waals surface area (Å²) in [6, 6.07) is 16.6. The zero-order chi connectivity index (χ0) is 26.3. The molecular weight excluding hydrogens is 515 g/mol. The third-order valence-corrected chi connectivity index (χ3v) is 6.72. The first-order chi connectivity index (χ1) is 17.7. The zero-order valence-electron chi connectivity index (χ0n) is 20.3. The summed E-state index contributed by atoms with van der Waals surface area (Å²) >= 11 is 11.9. The first-order valence-corrected chi connectivity index (χ1v) is 12.4. The first kappa shape index (κ1) is 25.1. The molecule has 1 unspecified atom stereocenters. The molecule has 0 bridgehead atoms. The number of esters is 2. The van der Waals surface area contributed by atoms with Gasteiger partial charge in [0.15, 0.2) is 5.75 Å². The zero-order valence-corrected chi connectivity index (χ0v) is 21.8. The van der Waals surface area contributed by atoms with Crippen molar-refractivity contribution >= 4 is 45.9 Å². The molecule has 0 saturated heterocycles. The average Bonchev–Trinajstić information content (AvgIpc) is 2.87. The largest absolute Gasteiger partial charge is 0.422 e. The maximum atomic E-state index is 13.1. The molecule has 0 aromatic heterocycles. The summed E-state index contributed by atoms with van der Waals surface area (Å²) in [7, 11) is 0. The van der Waals surface area contributed by atoms with Crippen molar-refractivity contribution in [2.45, 2.75) is 33.3 Å². The van der Waals surface area contributed by atoms with Gasteiger partial charge in [0.05, 0.1) is 11.1 Å². The number of rotatable bonds is 4. The molecule has 0 radical (unpaired) electrons. The van der Waals surface area contributed by atoms with E-state index < -0.39 is 11.9 Å². The maximum absolute atomic E-state index is 13.1. The van der Waals surface area contributed by atoms with E-state index in [0.29, 0.717) is 49.7 Å². The van der Waals surface area contributed by atoms with Crippen molar-refractivity contribution in [3.63, 3.8) is 0 Å². The maximum Gasteiger partial charge on any atom is 0.343 e. The Morgan fingerprint density at radius 2 is 1.24 bits per heavy atom. The highest BCUT2D eigenvalue weighted by Crippen LogP contribution is 2.49. The van der Waals surface area contributed by atoms with Crippen LogP contribution in [0.1, 0.15) is 44.3 Å². The number of benzene rings is 4. The predicted octanol–water partition coefficient (Wildman–Crippen LogP) is 7.46. The average molecular weight is 537 g/mol. The number of hydrogen-bond donors (Lipinski definition) is 0. The van der Waals surface area contributed by atoms with Gasteiger partial charge in [0, 0.05) is 32.8 Å². The molecule has 6 nitrogen and oxygen atoms in total. The molecule has 1 aliphatic heterocycles. The van der Waals surface area contributed by atoms with E-state index in [1.165, 1.54) is 0 Å². The Morgan fingerprint density at radius 1 is 0.784 bits per heavy atom. The number of ether oxygens (including phenoxy) is 2. The van der Waals surface area contributed by atoms with Gasteiger partial charge in [-0.05, 0) is 92.6 Å². The summed E-state index contributed by atoms with van der Waals surface area (Å²) in [6.07, 6.45) is 0.0386. The Hall–Kier alpha value is -3.58. The van der Waals surface area contributed by atoms with Crippen molar-refractivity contribution in [1.82, 2.24) is 0 Å². The van der Waals surface area contributed by atoms with E-state index in [0.717, 1.165) is 11.1 Å². The van der Waals surface area contributed by atoms with E-state index in [1.807, 2.05) is 32.9 Å². The minimum Gasteiger partial charge on any atom is -0.422 e. The van der Waals surface area contributed by atoms with Crippen LogP contribution in [0.25, 0.3) is 10.8 Å². The number of carbonyl (C=O) groups excluding carboxylic acids is 2. The van der Waals surface area contributed by atoms with Crippen molar-refractivity contribution in [3.05, 3.63) is 98.5 Å². The van der Waals surface area contributed by atoms with E-state index in [4.69, 9.17) is 42.5 Å². The number of hydrogen-bond acceptors (Lipinski definition) is 6. The first-order valence-electron chi connectivity index (χ1n) is 11.6. The molecule has 4 aromatic carbocycles. The third kappa shape index (κ3) is 5.01. The highest BCUT2D eigenvalue weighted by atomic mass is 35.5. The lowest BCUT2D eigenvalue weighted by Gasteiger charge is -2.26. The molecule has 4 aromatic rings. The molecule has 5 rings (SSSR count). The summed E-state index contributed by atoms with van der Waals surface area (Å²) in [5.74, 6) is -0.439. The van der Waals surface area contributed by atoms with E-state index in [1.54, 1.807) is 48.5 Å². The minimum absolute atomic E-state index is 0.186. The topological polar surface area (TPSA) is 71.1 Å². The quantitative estimate of drug-likeness (QED) is 0.153. The molecular formula is C29H22Cl2O6. The molecule has 1 heterocycles. The SMILES string of the molecule is Cc1cc2c(OC(=O)c3ccc(Cl)cc3)c3c(c(OC(=O)c4ccc(Cl)cc4)c2cc1C)OOC(C)C3. The van der Waals surface area contributed by atoms with Crippen LogP contribution in [-0.4, -0.2) is 18.0 Å². The summed E-state index contributed by atoms with van der Waals surface area (Å²) in [5, 5.41) is 2.17. The van der Waals surface area contributed by atoms with Crippen LogP contribution < -0.4 is 14.4 Å². The van der Waals surface area contributed by atoms with Gasteiger partial charge in [0.2, 0.25) is 5.75 Å². The summed E-state index contributed by atoms with van der Waals surface area (Å²) in [6.45, 7) is 5.73. The molecule has 0 spiro atoms. The number of fused-ring (bicyclic) bond motifs is 2. The Balaban J connectivity index is 1.68. The molecule has 1 aliphatic rings. The fraction of sp³-hybridized carbons (Fsp3) is 0.172. The molecule has 188 valence electrons. The van der Waals surface area contributed by atoms with Gasteiger partial charge in [-0.3, -0.25) is 0 Å². The van der Waals surface area contributed by atoms with Crippen molar-refractivity contribution in [3.8, 4) is 17.2 Å².